The predicted molar refractivity (Wildman–Crippen MR) is 36.4 cm³/mol. The molecule has 0 atom stereocenters. The summed E-state index contributed by atoms with van der Waals surface area (Å²) < 4.78 is 0. The van der Waals surface area contributed by atoms with Crippen LogP contribution < -0.4 is 0 Å². The monoisotopic (exact) mass is 133 g/mol. The van der Waals surface area contributed by atoms with E-state index in [2.05, 4.69) is 6.58 Å². The Morgan fingerprint density at radius 3 is 2.12 bits per heavy atom. The standard InChI is InChI=1S/C4H5Cl.C2H5O/c1-2-3-4-5;1-2-3/h2-4H,1H2;2H2,1H3. The molecule has 0 saturated heterocycles. The van der Waals surface area contributed by atoms with Gasteiger partial charge in [-0.15, -0.1) is 0 Å². The van der Waals surface area contributed by atoms with Crippen LogP contribution in [0.15, 0.2) is 24.3 Å². The van der Waals surface area contributed by atoms with Crippen LogP contribution in [0.2, 0.25) is 0 Å². The smallest absolute Gasteiger partial charge is 0.0794 e. The normalized spacial score (nSPS) is 7.88. The summed E-state index contributed by atoms with van der Waals surface area (Å²) in [7, 11) is 0. The van der Waals surface area contributed by atoms with E-state index in [4.69, 9.17) is 16.7 Å². The van der Waals surface area contributed by atoms with Crippen LogP contribution in [-0.2, 0) is 5.11 Å². The van der Waals surface area contributed by atoms with Crippen molar-refractivity contribution >= 4 is 11.6 Å². The third-order valence-corrected chi connectivity index (χ3v) is 0.354. The van der Waals surface area contributed by atoms with Crippen molar-refractivity contribution in [1.29, 1.82) is 0 Å². The molecule has 0 fully saturated rings. The van der Waals surface area contributed by atoms with E-state index in [-0.39, 0.29) is 6.61 Å². The lowest BCUT2D eigenvalue weighted by Gasteiger charge is -1.53. The molecule has 0 N–H and O–H groups in total. The van der Waals surface area contributed by atoms with Crippen LogP contribution in [0.4, 0.5) is 0 Å². The minimum atomic E-state index is 0. The van der Waals surface area contributed by atoms with Gasteiger partial charge in [-0.05, 0) is 6.92 Å². The second kappa shape index (κ2) is 15.9. The van der Waals surface area contributed by atoms with E-state index in [9.17, 15) is 0 Å². The quantitative estimate of drug-likeness (QED) is 0.490. The third kappa shape index (κ3) is 42.8. The lowest BCUT2D eigenvalue weighted by Crippen LogP contribution is -1.52. The molecule has 0 saturated carbocycles. The SMILES string of the molecule is C=CC=CCl.CC[O]. The Kier molecular flexibility index (Phi) is 21.2. The topological polar surface area (TPSA) is 19.9 Å². The number of rotatable bonds is 1. The van der Waals surface area contributed by atoms with Gasteiger partial charge in [0.1, 0.15) is 0 Å². The van der Waals surface area contributed by atoms with Gasteiger partial charge in [-0.2, -0.15) is 0 Å². The van der Waals surface area contributed by atoms with E-state index in [1.807, 2.05) is 0 Å². The molecule has 0 spiro atoms. The first-order valence-corrected chi connectivity index (χ1v) is 2.73. The van der Waals surface area contributed by atoms with Crippen molar-refractivity contribution < 1.29 is 5.11 Å². The molecule has 47 valence electrons. The summed E-state index contributed by atoms with van der Waals surface area (Å²) in [6.07, 6.45) is 3.27. The van der Waals surface area contributed by atoms with Crippen molar-refractivity contribution in [3.8, 4) is 0 Å². The van der Waals surface area contributed by atoms with Gasteiger partial charge in [0, 0.05) is 5.54 Å². The molecule has 0 aliphatic heterocycles. The van der Waals surface area contributed by atoms with Crippen molar-refractivity contribution in [1.82, 2.24) is 0 Å². The molecule has 0 unspecified atom stereocenters. The van der Waals surface area contributed by atoms with Crippen molar-refractivity contribution in [2.45, 2.75) is 6.92 Å². The van der Waals surface area contributed by atoms with Crippen LogP contribution in [0, 0.1) is 0 Å². The van der Waals surface area contributed by atoms with E-state index >= 15 is 0 Å². The number of hydrogen-bond donors (Lipinski definition) is 0. The fourth-order valence-corrected chi connectivity index (χ4v) is 0.154. The third-order valence-electron chi connectivity index (χ3n) is 0.209. The van der Waals surface area contributed by atoms with Gasteiger partial charge < -0.3 is 0 Å². The van der Waals surface area contributed by atoms with Crippen LogP contribution in [0.5, 0.6) is 0 Å². The minimum Gasteiger partial charge on any atom is -0.237 e. The van der Waals surface area contributed by atoms with Gasteiger partial charge in [-0.3, -0.25) is 0 Å². The van der Waals surface area contributed by atoms with Crippen LogP contribution in [0.1, 0.15) is 6.92 Å². The lowest BCUT2D eigenvalue weighted by atomic mass is 10.6. The van der Waals surface area contributed by atoms with Crippen molar-refractivity contribution in [3.05, 3.63) is 24.3 Å². The molecule has 0 aliphatic rings. The first-order valence-electron chi connectivity index (χ1n) is 2.29. The molecule has 8 heavy (non-hydrogen) atoms. The average Bonchev–Trinajstić information content (AvgIpc) is 1.71. The number of hydrogen-bond acceptors (Lipinski definition) is 0. The second-order valence-electron chi connectivity index (χ2n) is 0.843. The zero-order valence-corrected chi connectivity index (χ0v) is 5.69. The maximum atomic E-state index is 8.93. The number of halogens is 1. The second-order valence-corrected chi connectivity index (χ2v) is 1.09. The zero-order chi connectivity index (χ0) is 6.83. The Labute approximate surface area is 55.3 Å². The highest BCUT2D eigenvalue weighted by molar-refractivity contribution is 6.25. The Hall–Kier alpha value is -0.270. The van der Waals surface area contributed by atoms with Crippen LogP contribution in [-0.4, -0.2) is 6.61 Å². The molecular formula is C6H10ClO. The summed E-state index contributed by atoms with van der Waals surface area (Å²) in [4.78, 5) is 0. The lowest BCUT2D eigenvalue weighted by molar-refractivity contribution is 0.212. The highest BCUT2D eigenvalue weighted by Crippen LogP contribution is 1.74. The summed E-state index contributed by atoms with van der Waals surface area (Å²) in [6.45, 7) is 4.95. The van der Waals surface area contributed by atoms with Gasteiger partial charge in [0.05, 0.1) is 6.61 Å². The molecule has 1 nitrogen and oxygen atoms in total. The van der Waals surface area contributed by atoms with E-state index in [0.717, 1.165) is 0 Å². The van der Waals surface area contributed by atoms with Crippen molar-refractivity contribution in [2.75, 3.05) is 6.61 Å². The first kappa shape index (κ1) is 10.7. The predicted octanol–water partition coefficient (Wildman–Crippen LogP) is 2.36. The van der Waals surface area contributed by atoms with Gasteiger partial charge >= 0.3 is 0 Å². The van der Waals surface area contributed by atoms with Gasteiger partial charge in [-0.1, -0.05) is 30.3 Å². The summed E-state index contributed by atoms with van der Waals surface area (Å²) in [5, 5.41) is 8.93. The molecule has 2 heteroatoms. The zero-order valence-electron chi connectivity index (χ0n) is 4.93. The van der Waals surface area contributed by atoms with Crippen molar-refractivity contribution in [3.63, 3.8) is 0 Å². The Morgan fingerprint density at radius 2 is 2.12 bits per heavy atom. The molecule has 0 aromatic heterocycles. The molecule has 1 radical (unpaired) electrons. The molecule has 0 rings (SSSR count). The van der Waals surface area contributed by atoms with Crippen LogP contribution in [0.3, 0.4) is 0 Å². The first-order chi connectivity index (χ1) is 3.83. The molecule has 0 bridgehead atoms. The Morgan fingerprint density at radius 1 is 1.75 bits per heavy atom. The largest absolute Gasteiger partial charge is 0.237 e. The summed E-state index contributed by atoms with van der Waals surface area (Å²) >= 11 is 5.05. The minimum absolute atomic E-state index is 0. The molecule has 0 aromatic rings. The fourth-order valence-electron chi connectivity index (χ4n) is 0.0514. The fraction of sp³-hybridized carbons (Fsp3) is 0.333. The summed E-state index contributed by atoms with van der Waals surface area (Å²) in [5.74, 6) is 0. The van der Waals surface area contributed by atoms with Gasteiger partial charge in [0.15, 0.2) is 0 Å². The van der Waals surface area contributed by atoms with Gasteiger partial charge in [0.2, 0.25) is 0 Å². The maximum Gasteiger partial charge on any atom is 0.0794 e. The van der Waals surface area contributed by atoms with Gasteiger partial charge in [-0.25, -0.2) is 5.11 Å². The number of allylic oxidation sites excluding steroid dienone is 2. The summed E-state index contributed by atoms with van der Waals surface area (Å²) in [6, 6.07) is 0. The van der Waals surface area contributed by atoms with E-state index in [1.54, 1.807) is 19.1 Å². The summed E-state index contributed by atoms with van der Waals surface area (Å²) in [5.41, 5.74) is 1.41. The molecule has 0 heterocycles. The van der Waals surface area contributed by atoms with Crippen LogP contribution in [0.25, 0.3) is 0 Å². The Balaban J connectivity index is 0. The Bertz CT molecular complexity index is 59.5. The van der Waals surface area contributed by atoms with E-state index in [1.165, 1.54) is 5.54 Å². The highest BCUT2D eigenvalue weighted by atomic mass is 35.5. The maximum absolute atomic E-state index is 8.93. The van der Waals surface area contributed by atoms with E-state index < -0.39 is 0 Å². The average molecular weight is 134 g/mol. The molecule has 0 aromatic carbocycles. The molecule has 0 amide bonds. The van der Waals surface area contributed by atoms with Crippen molar-refractivity contribution in [2.24, 2.45) is 0 Å². The highest BCUT2D eigenvalue weighted by Gasteiger charge is 1.44. The molecule has 0 aliphatic carbocycles. The van der Waals surface area contributed by atoms with Gasteiger partial charge in [0.25, 0.3) is 0 Å². The molecular weight excluding hydrogens is 124 g/mol. The van der Waals surface area contributed by atoms with Crippen LogP contribution >= 0.6 is 11.6 Å². The van der Waals surface area contributed by atoms with E-state index in [0.29, 0.717) is 0 Å².